The maximum absolute atomic E-state index is 13.1. The summed E-state index contributed by atoms with van der Waals surface area (Å²) in [5.74, 6) is 0.843. The normalized spacial score (nSPS) is 16.0. The third-order valence-corrected chi connectivity index (χ3v) is 6.35. The summed E-state index contributed by atoms with van der Waals surface area (Å²) in [5.41, 5.74) is 0.729. The first kappa shape index (κ1) is 21.2. The first-order valence-electron chi connectivity index (χ1n) is 9.48. The molecule has 1 saturated heterocycles. The molecule has 0 radical (unpaired) electrons. The molecule has 1 unspecified atom stereocenters. The fourth-order valence-electron chi connectivity index (χ4n) is 3.28. The Labute approximate surface area is 188 Å². The van der Waals surface area contributed by atoms with Crippen LogP contribution in [0.5, 0.6) is 11.5 Å². The van der Waals surface area contributed by atoms with Crippen LogP contribution in [0.4, 0.5) is 5.13 Å². The predicted octanol–water partition coefficient (Wildman–Crippen LogP) is 5.20. The lowest BCUT2D eigenvalue weighted by molar-refractivity contribution is -0.120. The molecular weight excluding hydrogens is 447 g/mol. The summed E-state index contributed by atoms with van der Waals surface area (Å²) in [7, 11) is 1.60. The van der Waals surface area contributed by atoms with Crippen LogP contribution in [0.2, 0.25) is 10.0 Å². The van der Waals surface area contributed by atoms with Gasteiger partial charge in [-0.05, 0) is 43.2 Å². The molecule has 6 nitrogen and oxygen atoms in total. The molecule has 4 rings (SSSR count). The first-order chi connectivity index (χ1) is 14.5. The quantitative estimate of drug-likeness (QED) is 0.478. The van der Waals surface area contributed by atoms with Crippen molar-refractivity contribution in [2.24, 2.45) is 0 Å². The maximum atomic E-state index is 13.1. The van der Waals surface area contributed by atoms with Gasteiger partial charge in [0, 0.05) is 11.6 Å². The van der Waals surface area contributed by atoms with Crippen molar-refractivity contribution in [3.05, 3.63) is 46.4 Å². The number of aromatic nitrogens is 1. The van der Waals surface area contributed by atoms with Crippen LogP contribution in [0.15, 0.2) is 36.4 Å². The van der Waals surface area contributed by atoms with Crippen molar-refractivity contribution >= 4 is 55.8 Å². The van der Waals surface area contributed by atoms with Gasteiger partial charge in [0.15, 0.2) is 11.7 Å². The molecule has 3 aromatic rings. The van der Waals surface area contributed by atoms with Gasteiger partial charge in [0.1, 0.15) is 17.0 Å². The van der Waals surface area contributed by atoms with E-state index in [-0.39, 0.29) is 18.6 Å². The second kappa shape index (κ2) is 9.39. The molecule has 0 aliphatic carbocycles. The van der Waals surface area contributed by atoms with Gasteiger partial charge < -0.3 is 14.2 Å². The predicted molar refractivity (Wildman–Crippen MR) is 119 cm³/mol. The molecule has 0 saturated carbocycles. The van der Waals surface area contributed by atoms with E-state index in [0.717, 1.165) is 23.1 Å². The van der Waals surface area contributed by atoms with Crippen molar-refractivity contribution in [2.45, 2.75) is 18.9 Å². The van der Waals surface area contributed by atoms with Gasteiger partial charge in [0.25, 0.3) is 5.91 Å². The highest BCUT2D eigenvalue weighted by Gasteiger charge is 2.27. The van der Waals surface area contributed by atoms with E-state index in [1.807, 2.05) is 18.2 Å². The molecule has 158 valence electrons. The van der Waals surface area contributed by atoms with E-state index >= 15 is 0 Å². The molecule has 9 heteroatoms. The molecule has 1 atom stereocenters. The smallest absolute Gasteiger partial charge is 0.266 e. The molecule has 1 fully saturated rings. The van der Waals surface area contributed by atoms with Gasteiger partial charge in [-0.15, -0.1) is 0 Å². The number of nitrogens with zero attached hydrogens (tertiary/aromatic N) is 2. The molecule has 1 aliphatic heterocycles. The van der Waals surface area contributed by atoms with Crippen LogP contribution in [0.3, 0.4) is 0 Å². The summed E-state index contributed by atoms with van der Waals surface area (Å²) in [6.45, 7) is 0.942. The Morgan fingerprint density at radius 1 is 1.30 bits per heavy atom. The van der Waals surface area contributed by atoms with Gasteiger partial charge in [-0.2, -0.15) is 0 Å². The number of thiazole rings is 1. The third kappa shape index (κ3) is 4.64. The van der Waals surface area contributed by atoms with Crippen molar-refractivity contribution < 1.29 is 19.0 Å². The summed E-state index contributed by atoms with van der Waals surface area (Å²) in [6, 6.07) is 10.6. The Hall–Kier alpha value is -2.06. The first-order valence-corrected chi connectivity index (χ1v) is 11.1. The number of carbonyl (C=O) groups is 1. The number of anilines is 1. The summed E-state index contributed by atoms with van der Waals surface area (Å²) in [6.07, 6.45) is 1.86. The Morgan fingerprint density at radius 3 is 2.90 bits per heavy atom. The number of halogens is 2. The number of methoxy groups -OCH3 is 1. The molecule has 2 aromatic carbocycles. The largest absolute Gasteiger partial charge is 0.494 e. The van der Waals surface area contributed by atoms with Crippen LogP contribution >= 0.6 is 34.5 Å². The van der Waals surface area contributed by atoms with E-state index in [1.54, 1.807) is 30.2 Å². The number of hydrogen-bond acceptors (Lipinski definition) is 6. The van der Waals surface area contributed by atoms with E-state index in [1.165, 1.54) is 11.3 Å². The van der Waals surface area contributed by atoms with Crippen LogP contribution in [0.25, 0.3) is 10.2 Å². The molecular formula is C21H20Cl2N2O4S. The average Bonchev–Trinajstić information content (AvgIpc) is 3.40. The third-order valence-electron chi connectivity index (χ3n) is 4.78. The van der Waals surface area contributed by atoms with Crippen LogP contribution in [0.1, 0.15) is 12.8 Å². The van der Waals surface area contributed by atoms with Crippen molar-refractivity contribution in [1.29, 1.82) is 0 Å². The monoisotopic (exact) mass is 466 g/mol. The fraction of sp³-hybridized carbons (Fsp3) is 0.333. The molecule has 1 aromatic heterocycles. The minimum atomic E-state index is -0.227. The molecule has 1 aliphatic rings. The lowest BCUT2D eigenvalue weighted by Crippen LogP contribution is -2.40. The Morgan fingerprint density at radius 2 is 2.17 bits per heavy atom. The molecule has 0 spiro atoms. The highest BCUT2D eigenvalue weighted by atomic mass is 35.5. The Balaban J connectivity index is 1.58. The summed E-state index contributed by atoms with van der Waals surface area (Å²) in [4.78, 5) is 19.4. The highest BCUT2D eigenvalue weighted by molar-refractivity contribution is 7.22. The van der Waals surface area contributed by atoms with Crippen LogP contribution in [-0.4, -0.2) is 43.9 Å². The van der Waals surface area contributed by atoms with E-state index < -0.39 is 0 Å². The lowest BCUT2D eigenvalue weighted by Gasteiger charge is -2.23. The van der Waals surface area contributed by atoms with E-state index in [9.17, 15) is 4.79 Å². The van der Waals surface area contributed by atoms with E-state index in [0.29, 0.717) is 39.8 Å². The average molecular weight is 467 g/mol. The molecule has 2 heterocycles. The second-order valence-corrected chi connectivity index (χ2v) is 8.66. The van der Waals surface area contributed by atoms with Crippen molar-refractivity contribution in [1.82, 2.24) is 4.98 Å². The van der Waals surface area contributed by atoms with Gasteiger partial charge in [-0.1, -0.05) is 40.6 Å². The van der Waals surface area contributed by atoms with Crippen LogP contribution < -0.4 is 14.4 Å². The number of hydrogen-bond donors (Lipinski definition) is 0. The van der Waals surface area contributed by atoms with Crippen molar-refractivity contribution in [2.75, 3.05) is 31.8 Å². The summed E-state index contributed by atoms with van der Waals surface area (Å²) in [5, 5.41) is 1.44. The van der Waals surface area contributed by atoms with Gasteiger partial charge in [0.05, 0.1) is 29.5 Å². The van der Waals surface area contributed by atoms with Gasteiger partial charge in [0.2, 0.25) is 0 Å². The Bertz CT molecular complexity index is 1050. The second-order valence-electron chi connectivity index (χ2n) is 6.81. The number of benzene rings is 2. The lowest BCUT2D eigenvalue weighted by atomic mass is 10.2. The van der Waals surface area contributed by atoms with E-state index in [2.05, 4.69) is 4.98 Å². The number of carbonyl (C=O) groups excluding carboxylic acids is 1. The standard InChI is InChI=1S/C21H20Cl2N2O4S/c1-27-17-5-2-6-18-20(17)24-21(30-18)25(11-14-4-3-9-28-14)19(26)12-29-16-8-7-13(22)10-15(16)23/h2,5-8,10,14H,3-4,9,11-12H2,1H3. The fourth-order valence-corrected chi connectivity index (χ4v) is 4.75. The number of amides is 1. The summed E-state index contributed by atoms with van der Waals surface area (Å²) >= 11 is 13.5. The maximum Gasteiger partial charge on any atom is 0.266 e. The molecule has 0 bridgehead atoms. The highest BCUT2D eigenvalue weighted by Crippen LogP contribution is 2.35. The number of fused-ring (bicyclic) bond motifs is 1. The molecule has 30 heavy (non-hydrogen) atoms. The van der Waals surface area contributed by atoms with Crippen molar-refractivity contribution in [3.8, 4) is 11.5 Å². The van der Waals surface area contributed by atoms with Crippen molar-refractivity contribution in [3.63, 3.8) is 0 Å². The zero-order valence-corrected chi connectivity index (χ0v) is 18.6. The SMILES string of the molecule is COc1cccc2sc(N(CC3CCCO3)C(=O)COc3ccc(Cl)cc3Cl)nc12. The molecule has 1 amide bonds. The van der Waals surface area contributed by atoms with Gasteiger partial charge in [-0.3, -0.25) is 9.69 Å². The van der Waals surface area contributed by atoms with E-state index in [4.69, 9.17) is 37.4 Å². The number of ether oxygens (including phenoxy) is 3. The number of rotatable bonds is 7. The topological polar surface area (TPSA) is 60.9 Å². The number of para-hydroxylation sites is 1. The molecule has 0 N–H and O–H groups in total. The minimum absolute atomic E-state index is 0.0259. The Kier molecular flexibility index (Phi) is 6.63. The summed E-state index contributed by atoms with van der Waals surface area (Å²) < 4.78 is 17.8. The van der Waals surface area contributed by atoms with Crippen LogP contribution in [0, 0.1) is 0 Å². The van der Waals surface area contributed by atoms with Gasteiger partial charge in [-0.25, -0.2) is 4.98 Å². The zero-order valence-electron chi connectivity index (χ0n) is 16.3. The minimum Gasteiger partial charge on any atom is -0.494 e. The van der Waals surface area contributed by atoms with Gasteiger partial charge >= 0.3 is 0 Å². The zero-order chi connectivity index (χ0) is 21.1. The van der Waals surface area contributed by atoms with Crippen LogP contribution in [-0.2, 0) is 9.53 Å².